The Hall–Kier alpha value is -2.60. The molecule has 0 aliphatic rings. The highest BCUT2D eigenvalue weighted by Gasteiger charge is 2.16. The van der Waals surface area contributed by atoms with Crippen molar-refractivity contribution in [2.45, 2.75) is 13.8 Å². The van der Waals surface area contributed by atoms with E-state index in [4.69, 9.17) is 11.6 Å². The lowest BCUT2D eigenvalue weighted by atomic mass is 10.1. The average Bonchev–Trinajstić information content (AvgIpc) is 2.57. The topological polar surface area (TPSA) is 75.5 Å². The van der Waals surface area contributed by atoms with Gasteiger partial charge in [-0.3, -0.25) is 14.9 Å². The van der Waals surface area contributed by atoms with Gasteiger partial charge in [-0.15, -0.1) is 0 Å². The molecule has 0 spiro atoms. The summed E-state index contributed by atoms with van der Waals surface area (Å²) in [5.74, 6) is -0.487. The summed E-state index contributed by atoms with van der Waals surface area (Å²) in [6, 6.07) is 11.2. The molecule has 2 aromatic rings. The molecule has 1 amide bonds. The highest BCUT2D eigenvalue weighted by Crippen LogP contribution is 2.24. The normalized spacial score (nSPS) is 10.3. The molecular weight excluding hydrogens is 330 g/mol. The van der Waals surface area contributed by atoms with Gasteiger partial charge < -0.3 is 10.2 Å². The van der Waals surface area contributed by atoms with Crippen LogP contribution in [-0.4, -0.2) is 23.9 Å². The number of hydrogen-bond acceptors (Lipinski definition) is 4. The van der Waals surface area contributed by atoms with E-state index < -0.39 is 10.8 Å². The van der Waals surface area contributed by atoms with Crippen molar-refractivity contribution in [3.63, 3.8) is 0 Å². The fraction of sp³-hybridized carbons (Fsp3) is 0.235. The van der Waals surface area contributed by atoms with Gasteiger partial charge in [-0.1, -0.05) is 11.6 Å². The monoisotopic (exact) mass is 347 g/mol. The lowest BCUT2D eigenvalue weighted by Gasteiger charge is -2.21. The first-order valence-electron chi connectivity index (χ1n) is 7.56. The number of nitrogens with one attached hydrogen (secondary N) is 1. The summed E-state index contributed by atoms with van der Waals surface area (Å²) < 4.78 is 0. The number of nitro benzene ring substituents is 1. The van der Waals surface area contributed by atoms with Crippen molar-refractivity contribution < 1.29 is 9.72 Å². The van der Waals surface area contributed by atoms with Crippen LogP contribution in [0.25, 0.3) is 0 Å². The molecule has 0 saturated heterocycles. The third-order valence-electron chi connectivity index (χ3n) is 3.66. The lowest BCUT2D eigenvalue weighted by molar-refractivity contribution is -0.384. The van der Waals surface area contributed by atoms with Crippen LogP contribution >= 0.6 is 11.6 Å². The van der Waals surface area contributed by atoms with Gasteiger partial charge in [0.15, 0.2) is 0 Å². The molecule has 0 unspecified atom stereocenters. The molecule has 0 saturated carbocycles. The second-order valence-corrected chi connectivity index (χ2v) is 5.50. The molecular formula is C17H18ClN3O3. The zero-order valence-corrected chi connectivity index (χ0v) is 14.2. The molecule has 0 heterocycles. The fourth-order valence-corrected chi connectivity index (χ4v) is 2.55. The van der Waals surface area contributed by atoms with Crippen molar-refractivity contribution >= 4 is 34.6 Å². The predicted octanol–water partition coefficient (Wildman–Crippen LogP) is 4.35. The van der Waals surface area contributed by atoms with Crippen LogP contribution < -0.4 is 10.2 Å². The largest absolute Gasteiger partial charge is 0.372 e. The van der Waals surface area contributed by atoms with Crippen molar-refractivity contribution in [1.29, 1.82) is 0 Å². The van der Waals surface area contributed by atoms with E-state index in [1.54, 1.807) is 12.1 Å². The van der Waals surface area contributed by atoms with Crippen molar-refractivity contribution in [2.75, 3.05) is 23.3 Å². The molecule has 6 nitrogen and oxygen atoms in total. The highest BCUT2D eigenvalue weighted by atomic mass is 35.5. The molecule has 0 atom stereocenters. The minimum absolute atomic E-state index is 0.0682. The predicted molar refractivity (Wildman–Crippen MR) is 96.1 cm³/mol. The van der Waals surface area contributed by atoms with E-state index in [-0.39, 0.29) is 16.3 Å². The van der Waals surface area contributed by atoms with Gasteiger partial charge in [0.25, 0.3) is 11.6 Å². The van der Waals surface area contributed by atoms with E-state index in [0.717, 1.165) is 18.8 Å². The minimum atomic E-state index is -0.564. The summed E-state index contributed by atoms with van der Waals surface area (Å²) in [6.45, 7) is 5.93. The van der Waals surface area contributed by atoms with Gasteiger partial charge in [-0.25, -0.2) is 0 Å². The van der Waals surface area contributed by atoms with Crippen LogP contribution in [0.1, 0.15) is 24.2 Å². The summed E-state index contributed by atoms with van der Waals surface area (Å²) >= 11 is 5.98. The Bertz CT molecular complexity index is 743. The molecule has 24 heavy (non-hydrogen) atoms. The molecule has 0 aliphatic heterocycles. The zero-order valence-electron chi connectivity index (χ0n) is 13.5. The fourth-order valence-electron chi connectivity index (χ4n) is 2.34. The Kier molecular flexibility index (Phi) is 5.76. The first-order valence-corrected chi connectivity index (χ1v) is 7.94. The summed E-state index contributed by atoms with van der Waals surface area (Å²) in [7, 11) is 0. The molecule has 0 bridgehead atoms. The average molecular weight is 348 g/mol. The third-order valence-corrected chi connectivity index (χ3v) is 3.99. The Morgan fingerprint density at radius 2 is 1.79 bits per heavy atom. The standard InChI is InChI=1S/C17H18ClN3O3/c1-3-20(4-2)13-7-5-12(6-8-13)19-17(22)15-11-14(21(23)24)9-10-16(15)18/h5-11H,3-4H2,1-2H3,(H,19,22). The second kappa shape index (κ2) is 7.79. The Morgan fingerprint density at radius 1 is 1.17 bits per heavy atom. The van der Waals surface area contributed by atoms with Crippen molar-refractivity contribution in [3.05, 3.63) is 63.2 Å². The number of anilines is 2. The summed E-state index contributed by atoms with van der Waals surface area (Å²) in [5, 5.41) is 13.7. The van der Waals surface area contributed by atoms with Crippen molar-refractivity contribution in [1.82, 2.24) is 0 Å². The van der Waals surface area contributed by atoms with Crippen LogP contribution in [0.2, 0.25) is 5.02 Å². The van der Waals surface area contributed by atoms with Crippen LogP contribution in [0.15, 0.2) is 42.5 Å². The Balaban J connectivity index is 2.18. The van der Waals surface area contributed by atoms with Gasteiger partial charge in [-0.05, 0) is 44.2 Å². The van der Waals surface area contributed by atoms with Gasteiger partial charge in [0, 0.05) is 36.6 Å². The third kappa shape index (κ3) is 4.02. The van der Waals surface area contributed by atoms with E-state index in [1.165, 1.54) is 18.2 Å². The Morgan fingerprint density at radius 3 is 2.33 bits per heavy atom. The van der Waals surface area contributed by atoms with Gasteiger partial charge in [0.05, 0.1) is 15.5 Å². The highest BCUT2D eigenvalue weighted by molar-refractivity contribution is 6.34. The number of halogens is 1. The number of carbonyl (C=O) groups is 1. The van der Waals surface area contributed by atoms with Crippen LogP contribution in [-0.2, 0) is 0 Å². The number of non-ortho nitro benzene ring substituents is 1. The maximum absolute atomic E-state index is 12.3. The van der Waals surface area contributed by atoms with Gasteiger partial charge in [0.1, 0.15) is 0 Å². The second-order valence-electron chi connectivity index (χ2n) is 5.09. The number of carbonyl (C=O) groups excluding carboxylic acids is 1. The molecule has 2 aromatic carbocycles. The van der Waals surface area contributed by atoms with Crippen molar-refractivity contribution in [3.8, 4) is 0 Å². The van der Waals surface area contributed by atoms with Crippen LogP contribution in [0, 0.1) is 10.1 Å². The summed E-state index contributed by atoms with van der Waals surface area (Å²) in [4.78, 5) is 24.8. The molecule has 0 radical (unpaired) electrons. The summed E-state index contributed by atoms with van der Waals surface area (Å²) in [5.41, 5.74) is 1.55. The van der Waals surface area contributed by atoms with Crippen molar-refractivity contribution in [2.24, 2.45) is 0 Å². The number of benzene rings is 2. The Labute approximate surface area is 145 Å². The van der Waals surface area contributed by atoms with Crippen LogP contribution in [0.4, 0.5) is 17.1 Å². The first-order chi connectivity index (χ1) is 11.5. The van der Waals surface area contributed by atoms with E-state index in [9.17, 15) is 14.9 Å². The molecule has 1 N–H and O–H groups in total. The molecule has 0 aliphatic carbocycles. The SMILES string of the molecule is CCN(CC)c1ccc(NC(=O)c2cc([N+](=O)[O-])ccc2Cl)cc1. The number of rotatable bonds is 6. The minimum Gasteiger partial charge on any atom is -0.372 e. The zero-order chi connectivity index (χ0) is 17.7. The molecule has 126 valence electrons. The number of nitrogens with zero attached hydrogens (tertiary/aromatic N) is 2. The summed E-state index contributed by atoms with van der Waals surface area (Å²) in [6.07, 6.45) is 0. The van der Waals surface area contributed by atoms with Gasteiger partial charge in [-0.2, -0.15) is 0 Å². The molecule has 7 heteroatoms. The number of amides is 1. The van der Waals surface area contributed by atoms with Gasteiger partial charge >= 0.3 is 0 Å². The van der Waals surface area contributed by atoms with E-state index in [1.807, 2.05) is 12.1 Å². The maximum atomic E-state index is 12.3. The number of hydrogen-bond donors (Lipinski definition) is 1. The maximum Gasteiger partial charge on any atom is 0.270 e. The van der Waals surface area contributed by atoms with E-state index in [0.29, 0.717) is 5.69 Å². The lowest BCUT2D eigenvalue weighted by Crippen LogP contribution is -2.21. The molecule has 0 fully saturated rings. The molecule has 0 aromatic heterocycles. The van der Waals surface area contributed by atoms with Crippen LogP contribution in [0.3, 0.4) is 0 Å². The van der Waals surface area contributed by atoms with Crippen LogP contribution in [0.5, 0.6) is 0 Å². The molecule has 2 rings (SSSR count). The smallest absolute Gasteiger partial charge is 0.270 e. The van der Waals surface area contributed by atoms with Gasteiger partial charge in [0.2, 0.25) is 0 Å². The first kappa shape index (κ1) is 17.7. The van der Waals surface area contributed by atoms with E-state index in [2.05, 4.69) is 24.1 Å². The van der Waals surface area contributed by atoms with E-state index >= 15 is 0 Å². The quantitative estimate of drug-likeness (QED) is 0.622. The number of nitro groups is 1.